The van der Waals surface area contributed by atoms with Crippen LogP contribution in [0.1, 0.15) is 56.0 Å². The first-order chi connectivity index (χ1) is 18.1. The molecule has 2 amide bonds. The number of pyridine rings is 2. The Balaban J connectivity index is 0.000000599. The zero-order valence-electron chi connectivity index (χ0n) is 22.5. The molecule has 1 fully saturated rings. The number of rotatable bonds is 10. The topological polar surface area (TPSA) is 154 Å². The number of aliphatic hydroxyl groups is 1. The number of amides is 2. The Morgan fingerprint density at radius 1 is 1.26 bits per heavy atom. The molecule has 2 aliphatic heterocycles. The molecule has 5 N–H and O–H groups in total. The van der Waals surface area contributed by atoms with Crippen LogP contribution in [0.2, 0.25) is 0 Å². The monoisotopic (exact) mass is 528 g/mol. The zero-order valence-corrected chi connectivity index (χ0v) is 22.5. The lowest BCUT2D eigenvalue weighted by molar-refractivity contribution is -0.138. The third-order valence-corrected chi connectivity index (χ3v) is 6.44. The quantitative estimate of drug-likeness (QED) is 0.364. The van der Waals surface area contributed by atoms with Crippen LogP contribution >= 0.6 is 0 Å². The van der Waals surface area contributed by atoms with Gasteiger partial charge in [-0.3, -0.25) is 4.79 Å². The Kier molecular flexibility index (Phi) is 10.3. The van der Waals surface area contributed by atoms with E-state index in [0.29, 0.717) is 31.1 Å². The summed E-state index contributed by atoms with van der Waals surface area (Å²) in [6, 6.07) is 6.98. The number of aryl methyl sites for hydroxylation is 2. The van der Waals surface area contributed by atoms with E-state index in [1.54, 1.807) is 42.0 Å². The number of carbonyl (C=O) groups is 2. The van der Waals surface area contributed by atoms with E-state index < -0.39 is 17.6 Å². The molecule has 2 aromatic rings. The Bertz CT molecular complexity index is 1070. The van der Waals surface area contributed by atoms with Gasteiger partial charge in [0.15, 0.2) is 0 Å². The molecule has 0 aliphatic carbocycles. The van der Waals surface area contributed by atoms with Crippen molar-refractivity contribution in [3.63, 3.8) is 0 Å². The lowest BCUT2D eigenvalue weighted by Crippen LogP contribution is -2.36. The molecule has 208 valence electrons. The van der Waals surface area contributed by atoms with Gasteiger partial charge in [-0.1, -0.05) is 12.1 Å². The van der Waals surface area contributed by atoms with Gasteiger partial charge in [0.1, 0.15) is 5.82 Å². The maximum atomic E-state index is 13.0. The Morgan fingerprint density at radius 2 is 2.03 bits per heavy atom. The van der Waals surface area contributed by atoms with E-state index >= 15 is 0 Å². The van der Waals surface area contributed by atoms with Crippen LogP contribution in [0.4, 0.5) is 10.6 Å². The lowest BCUT2D eigenvalue weighted by atomic mass is 10.0. The second kappa shape index (κ2) is 13.4. The highest BCUT2D eigenvalue weighted by molar-refractivity contribution is 5.78. The number of nitrogens with two attached hydrogens (primary N) is 1. The van der Waals surface area contributed by atoms with Crippen LogP contribution in [0.5, 0.6) is 5.88 Å². The van der Waals surface area contributed by atoms with E-state index in [1.165, 1.54) is 12.7 Å². The lowest BCUT2D eigenvalue weighted by Gasteiger charge is -2.27. The molecule has 2 aliphatic rings. The third-order valence-electron chi connectivity index (χ3n) is 6.44. The summed E-state index contributed by atoms with van der Waals surface area (Å²) in [4.78, 5) is 36.8. The number of carboxylic acids is 1. The predicted octanol–water partition coefficient (Wildman–Crippen LogP) is 2.45. The number of anilines is 1. The fourth-order valence-corrected chi connectivity index (χ4v) is 4.34. The molecule has 0 bridgehead atoms. The van der Waals surface area contributed by atoms with E-state index in [0.717, 1.165) is 43.7 Å². The zero-order chi connectivity index (χ0) is 27.7. The summed E-state index contributed by atoms with van der Waals surface area (Å²) >= 11 is 0. The molecule has 0 saturated carbocycles. The molecular weight excluding hydrogens is 488 g/mol. The van der Waals surface area contributed by atoms with E-state index in [-0.39, 0.29) is 19.1 Å². The van der Waals surface area contributed by atoms with Crippen molar-refractivity contribution in [2.24, 2.45) is 5.73 Å². The first kappa shape index (κ1) is 29.1. The second-order valence-corrected chi connectivity index (χ2v) is 10.3. The van der Waals surface area contributed by atoms with Gasteiger partial charge in [-0.2, -0.15) is 0 Å². The Morgan fingerprint density at radius 3 is 2.66 bits per heavy atom. The van der Waals surface area contributed by atoms with Gasteiger partial charge in [-0.15, -0.1) is 0 Å². The SMILES string of the molecule is CC(C)(N)CO.COc1ccc(C(CC(=O)O)N2CCN(CCCc3ccc4c(n3)NCCC4)C2=O)cn1. The smallest absolute Gasteiger partial charge is 0.320 e. The van der Waals surface area contributed by atoms with Gasteiger partial charge in [0.05, 0.1) is 26.2 Å². The molecule has 4 rings (SSSR count). The molecule has 1 atom stereocenters. The molecule has 2 aromatic heterocycles. The van der Waals surface area contributed by atoms with Crippen LogP contribution in [0.25, 0.3) is 0 Å². The summed E-state index contributed by atoms with van der Waals surface area (Å²) in [5, 5.41) is 21.0. The number of aliphatic hydroxyl groups excluding tert-OH is 1. The van der Waals surface area contributed by atoms with Gasteiger partial charge in [-0.25, -0.2) is 14.8 Å². The highest BCUT2D eigenvalue weighted by atomic mass is 16.5. The van der Waals surface area contributed by atoms with Crippen LogP contribution in [0, 0.1) is 0 Å². The van der Waals surface area contributed by atoms with Crippen LogP contribution in [-0.2, 0) is 17.6 Å². The van der Waals surface area contributed by atoms with Crippen molar-refractivity contribution in [2.45, 2.75) is 57.5 Å². The number of ether oxygens (including phenoxy) is 1. The number of hydrogen-bond acceptors (Lipinski definition) is 8. The predicted molar refractivity (Wildman–Crippen MR) is 144 cm³/mol. The molecule has 0 radical (unpaired) electrons. The average molecular weight is 529 g/mol. The summed E-state index contributed by atoms with van der Waals surface area (Å²) in [5.74, 6) is 0.481. The number of nitrogens with one attached hydrogen (secondary N) is 1. The van der Waals surface area contributed by atoms with Crippen molar-refractivity contribution in [3.8, 4) is 5.88 Å². The van der Waals surface area contributed by atoms with Crippen molar-refractivity contribution < 1.29 is 24.5 Å². The van der Waals surface area contributed by atoms with Crippen molar-refractivity contribution in [2.75, 3.05) is 45.2 Å². The van der Waals surface area contributed by atoms with Crippen molar-refractivity contribution >= 4 is 17.8 Å². The molecule has 11 nitrogen and oxygen atoms in total. The Hall–Kier alpha value is -3.44. The number of hydrogen-bond donors (Lipinski definition) is 4. The van der Waals surface area contributed by atoms with Gasteiger partial charge >= 0.3 is 12.0 Å². The highest BCUT2D eigenvalue weighted by Gasteiger charge is 2.35. The molecule has 0 spiro atoms. The fraction of sp³-hybridized carbons (Fsp3) is 0.556. The highest BCUT2D eigenvalue weighted by Crippen LogP contribution is 2.29. The van der Waals surface area contributed by atoms with Crippen molar-refractivity contribution in [1.82, 2.24) is 19.8 Å². The van der Waals surface area contributed by atoms with Crippen LogP contribution in [0.15, 0.2) is 30.5 Å². The number of methoxy groups -OCH3 is 1. The molecular formula is C27H40N6O5. The number of fused-ring (bicyclic) bond motifs is 1. The van der Waals surface area contributed by atoms with Crippen molar-refractivity contribution in [1.29, 1.82) is 0 Å². The molecule has 38 heavy (non-hydrogen) atoms. The standard InChI is InChI=1S/C23H29N5O4.C4H11NO/c1-32-20-9-7-17(15-25-20)19(14-21(29)30)28-13-12-27(23(28)31)11-3-5-18-8-6-16-4-2-10-24-22(16)26-18;1-4(2,5)3-6/h6-9,15,19H,2-5,10-14H2,1H3,(H,24,26)(H,29,30);6H,3,5H2,1-2H3. The summed E-state index contributed by atoms with van der Waals surface area (Å²) in [7, 11) is 1.52. The largest absolute Gasteiger partial charge is 0.481 e. The van der Waals surface area contributed by atoms with Crippen LogP contribution in [0.3, 0.4) is 0 Å². The third kappa shape index (κ3) is 8.29. The minimum Gasteiger partial charge on any atom is -0.481 e. The molecule has 4 heterocycles. The number of aliphatic carboxylic acids is 1. The summed E-state index contributed by atoms with van der Waals surface area (Å²) in [5.41, 5.74) is 7.86. The molecule has 1 unspecified atom stereocenters. The van der Waals surface area contributed by atoms with Crippen LogP contribution < -0.4 is 15.8 Å². The first-order valence-corrected chi connectivity index (χ1v) is 13.0. The maximum Gasteiger partial charge on any atom is 0.320 e. The number of urea groups is 1. The van der Waals surface area contributed by atoms with Gasteiger partial charge in [0.2, 0.25) is 5.88 Å². The first-order valence-electron chi connectivity index (χ1n) is 13.0. The number of carbonyl (C=O) groups excluding carboxylic acids is 1. The summed E-state index contributed by atoms with van der Waals surface area (Å²) < 4.78 is 5.08. The normalized spacial score (nSPS) is 15.8. The summed E-state index contributed by atoms with van der Waals surface area (Å²) in [6.45, 7) is 6.24. The average Bonchev–Trinajstić information content (AvgIpc) is 3.27. The van der Waals surface area contributed by atoms with Gasteiger partial charge < -0.3 is 35.8 Å². The molecule has 0 aromatic carbocycles. The summed E-state index contributed by atoms with van der Waals surface area (Å²) in [6.07, 6.45) is 5.21. The second-order valence-electron chi connectivity index (χ2n) is 10.3. The van der Waals surface area contributed by atoms with Crippen LogP contribution in [-0.4, -0.2) is 87.4 Å². The Labute approximate surface area is 224 Å². The minimum atomic E-state index is -0.954. The van der Waals surface area contributed by atoms with E-state index in [4.69, 9.17) is 20.6 Å². The van der Waals surface area contributed by atoms with E-state index in [1.807, 2.05) is 0 Å². The van der Waals surface area contributed by atoms with Gasteiger partial charge in [0.25, 0.3) is 0 Å². The fourth-order valence-electron chi connectivity index (χ4n) is 4.34. The molecule has 11 heteroatoms. The minimum absolute atomic E-state index is 0.0486. The maximum absolute atomic E-state index is 13.0. The van der Waals surface area contributed by atoms with Gasteiger partial charge in [0, 0.05) is 49.7 Å². The van der Waals surface area contributed by atoms with Crippen molar-refractivity contribution in [3.05, 3.63) is 47.3 Å². The number of aromatic nitrogens is 2. The number of nitrogens with zero attached hydrogens (tertiary/aromatic N) is 4. The van der Waals surface area contributed by atoms with Gasteiger partial charge in [-0.05, 0) is 56.7 Å². The molecule has 1 saturated heterocycles. The van der Waals surface area contributed by atoms with E-state index in [2.05, 4.69) is 22.4 Å². The van der Waals surface area contributed by atoms with E-state index in [9.17, 15) is 14.7 Å². The number of carboxylic acid groups (broad SMARTS) is 1.